The number of ketones is 1. The normalized spacial score (nSPS) is 12.1. The smallest absolute Gasteiger partial charge is 0.427 e. The molecule has 1 aromatic carbocycles. The molecule has 0 heterocycles. The predicted octanol–water partition coefficient (Wildman–Crippen LogP) is 1.54. The lowest BCUT2D eigenvalue weighted by Gasteiger charge is -2.17. The van der Waals surface area contributed by atoms with Crippen LogP contribution < -0.4 is 5.32 Å². The molecule has 126 valence electrons. The number of nitrogens with one attached hydrogen (secondary N) is 1. The van der Waals surface area contributed by atoms with Crippen LogP contribution in [0.15, 0.2) is 18.2 Å². The fourth-order valence-corrected chi connectivity index (χ4v) is 2.23. The van der Waals surface area contributed by atoms with Crippen LogP contribution in [0.5, 0.6) is 0 Å². The van der Waals surface area contributed by atoms with Crippen LogP contribution in [-0.4, -0.2) is 35.4 Å². The van der Waals surface area contributed by atoms with Crippen molar-refractivity contribution in [2.24, 2.45) is 5.92 Å². The number of carbonyl (C=O) groups excluding carboxylic acids is 2. The van der Waals surface area contributed by atoms with E-state index in [-0.39, 0.29) is 12.3 Å². The topological polar surface area (TPSA) is 86.6 Å². The van der Waals surface area contributed by atoms with E-state index < -0.39 is 48.4 Å². The fourth-order valence-electron chi connectivity index (χ4n) is 2.23. The molecule has 1 atom stereocenters. The molecule has 0 bridgehead atoms. The third-order valence-corrected chi connectivity index (χ3v) is 3.33. The van der Waals surface area contributed by atoms with Crippen LogP contribution >= 0.6 is 0 Å². The van der Waals surface area contributed by atoms with Crippen LogP contribution in [0.25, 0.3) is 0 Å². The molecule has 0 aromatic heterocycles. The zero-order valence-corrected chi connectivity index (χ0v) is 13.1. The Morgan fingerprint density at radius 2 is 1.91 bits per heavy atom. The van der Waals surface area contributed by atoms with Crippen molar-refractivity contribution < 1.29 is 28.4 Å². The van der Waals surface area contributed by atoms with E-state index in [1.807, 2.05) is 13.8 Å². The van der Waals surface area contributed by atoms with Crippen LogP contribution in [0.2, 0.25) is 5.82 Å². The summed E-state index contributed by atoms with van der Waals surface area (Å²) < 4.78 is 26.5. The van der Waals surface area contributed by atoms with Crippen molar-refractivity contribution in [2.75, 3.05) is 6.54 Å². The number of hydrogen-bond acceptors (Lipinski definition) is 4. The number of benzene rings is 1. The molecule has 3 N–H and O–H groups in total. The molecule has 0 spiro atoms. The summed E-state index contributed by atoms with van der Waals surface area (Å²) in [5.41, 5.74) is -0.487. The standard InChI is InChI=1S/C15H20BF2NO4/c1-9(2)6-10(16(22)23)7-11(20)8-19-15(21)12-4-3-5-13(17)14(12)18/h3-5,9-10,22-23H,6-8H2,1-2H3,(H,19,21)/t10-/m1/s1. The second kappa shape index (κ2) is 8.74. The van der Waals surface area contributed by atoms with Crippen molar-refractivity contribution in [2.45, 2.75) is 32.5 Å². The van der Waals surface area contributed by atoms with E-state index in [9.17, 15) is 28.4 Å². The summed E-state index contributed by atoms with van der Waals surface area (Å²) in [7, 11) is -1.63. The van der Waals surface area contributed by atoms with Gasteiger partial charge >= 0.3 is 7.12 Å². The van der Waals surface area contributed by atoms with Gasteiger partial charge in [0.2, 0.25) is 0 Å². The highest BCUT2D eigenvalue weighted by atomic mass is 19.2. The average molecular weight is 327 g/mol. The second-order valence-electron chi connectivity index (χ2n) is 5.83. The minimum absolute atomic E-state index is 0.123. The van der Waals surface area contributed by atoms with Crippen molar-refractivity contribution in [1.82, 2.24) is 5.32 Å². The highest BCUT2D eigenvalue weighted by Gasteiger charge is 2.27. The maximum absolute atomic E-state index is 13.4. The molecule has 0 saturated heterocycles. The van der Waals surface area contributed by atoms with Gasteiger partial charge in [0.25, 0.3) is 5.91 Å². The van der Waals surface area contributed by atoms with E-state index in [0.717, 1.165) is 12.1 Å². The number of rotatable bonds is 8. The first-order valence-electron chi connectivity index (χ1n) is 7.32. The number of amides is 1. The van der Waals surface area contributed by atoms with E-state index >= 15 is 0 Å². The Kier molecular flexibility index (Phi) is 7.31. The van der Waals surface area contributed by atoms with Crippen LogP contribution in [0.3, 0.4) is 0 Å². The van der Waals surface area contributed by atoms with Crippen LogP contribution in [0, 0.1) is 17.6 Å². The van der Waals surface area contributed by atoms with Crippen LogP contribution in [0.4, 0.5) is 8.78 Å². The maximum atomic E-state index is 13.4. The third kappa shape index (κ3) is 6.07. The first-order valence-corrected chi connectivity index (χ1v) is 7.32. The number of carbonyl (C=O) groups is 2. The van der Waals surface area contributed by atoms with Gasteiger partial charge in [-0.1, -0.05) is 19.9 Å². The number of halogens is 2. The van der Waals surface area contributed by atoms with Gasteiger partial charge in [0, 0.05) is 12.2 Å². The Morgan fingerprint density at radius 1 is 1.26 bits per heavy atom. The molecule has 0 aliphatic carbocycles. The van der Waals surface area contributed by atoms with Crippen molar-refractivity contribution in [3.8, 4) is 0 Å². The van der Waals surface area contributed by atoms with Crippen molar-refractivity contribution in [1.29, 1.82) is 0 Å². The Labute approximate surface area is 133 Å². The monoisotopic (exact) mass is 327 g/mol. The summed E-state index contributed by atoms with van der Waals surface area (Å²) in [6, 6.07) is 3.18. The quantitative estimate of drug-likeness (QED) is 0.632. The molecule has 0 fully saturated rings. The van der Waals surface area contributed by atoms with Gasteiger partial charge in [0.15, 0.2) is 17.4 Å². The maximum Gasteiger partial charge on any atom is 0.455 e. The molecule has 5 nitrogen and oxygen atoms in total. The van der Waals surface area contributed by atoms with Crippen LogP contribution in [0.1, 0.15) is 37.0 Å². The lowest BCUT2D eigenvalue weighted by Crippen LogP contribution is -2.32. The minimum Gasteiger partial charge on any atom is -0.427 e. The first-order chi connectivity index (χ1) is 10.7. The third-order valence-electron chi connectivity index (χ3n) is 3.33. The zero-order valence-electron chi connectivity index (χ0n) is 13.1. The van der Waals surface area contributed by atoms with Gasteiger partial charge in [-0.2, -0.15) is 0 Å². The highest BCUT2D eigenvalue weighted by Crippen LogP contribution is 2.23. The Hall–Kier alpha value is -1.80. The van der Waals surface area contributed by atoms with E-state index in [4.69, 9.17) is 0 Å². The van der Waals surface area contributed by atoms with Crippen molar-refractivity contribution >= 4 is 18.8 Å². The molecule has 1 amide bonds. The fraction of sp³-hybridized carbons (Fsp3) is 0.467. The molecule has 0 aliphatic rings. The summed E-state index contributed by atoms with van der Waals surface area (Å²) in [6.45, 7) is 3.37. The molecular weight excluding hydrogens is 307 g/mol. The molecule has 0 aliphatic heterocycles. The minimum atomic E-state index is -1.63. The summed E-state index contributed by atoms with van der Waals surface area (Å²) in [4.78, 5) is 23.6. The largest absolute Gasteiger partial charge is 0.455 e. The Balaban J connectivity index is 2.58. The van der Waals surface area contributed by atoms with Gasteiger partial charge < -0.3 is 15.4 Å². The molecule has 23 heavy (non-hydrogen) atoms. The van der Waals surface area contributed by atoms with Gasteiger partial charge in [-0.15, -0.1) is 0 Å². The molecule has 0 unspecified atom stereocenters. The molecule has 0 radical (unpaired) electrons. The number of hydrogen-bond donors (Lipinski definition) is 3. The Morgan fingerprint density at radius 3 is 2.48 bits per heavy atom. The van der Waals surface area contributed by atoms with Gasteiger partial charge in [-0.25, -0.2) is 8.78 Å². The van der Waals surface area contributed by atoms with Gasteiger partial charge in [0.05, 0.1) is 12.1 Å². The molecule has 0 saturated carbocycles. The second-order valence-corrected chi connectivity index (χ2v) is 5.83. The average Bonchev–Trinajstić information content (AvgIpc) is 2.46. The van der Waals surface area contributed by atoms with E-state index in [2.05, 4.69) is 5.32 Å². The summed E-state index contributed by atoms with van der Waals surface area (Å²) in [5.74, 6) is -4.21. The molecule has 1 aromatic rings. The Bertz CT molecular complexity index is 566. The molecule has 8 heteroatoms. The first kappa shape index (κ1) is 19.3. The van der Waals surface area contributed by atoms with E-state index in [1.54, 1.807) is 0 Å². The molecular formula is C15H20BF2NO4. The van der Waals surface area contributed by atoms with Gasteiger partial charge in [0.1, 0.15) is 0 Å². The lowest BCUT2D eigenvalue weighted by molar-refractivity contribution is -0.118. The van der Waals surface area contributed by atoms with Crippen molar-refractivity contribution in [3.63, 3.8) is 0 Å². The van der Waals surface area contributed by atoms with Gasteiger partial charge in [-0.3, -0.25) is 9.59 Å². The summed E-state index contributed by atoms with van der Waals surface area (Å²) >= 11 is 0. The molecule has 1 rings (SSSR count). The van der Waals surface area contributed by atoms with E-state index in [0.29, 0.717) is 6.42 Å². The lowest BCUT2D eigenvalue weighted by atomic mass is 9.66. The SMILES string of the molecule is CC(C)C[C@H](CC(=O)CNC(=O)c1cccc(F)c1F)B(O)O. The summed E-state index contributed by atoms with van der Waals surface area (Å²) in [6.07, 6.45) is 0.317. The number of Topliss-reactive ketones (excluding diaryl/α,β-unsaturated/α-hetero) is 1. The predicted molar refractivity (Wildman–Crippen MR) is 81.7 cm³/mol. The van der Waals surface area contributed by atoms with Crippen molar-refractivity contribution in [3.05, 3.63) is 35.4 Å². The van der Waals surface area contributed by atoms with Crippen LogP contribution in [-0.2, 0) is 4.79 Å². The zero-order chi connectivity index (χ0) is 17.6. The van der Waals surface area contributed by atoms with Gasteiger partial charge in [-0.05, 0) is 24.5 Å². The van der Waals surface area contributed by atoms with E-state index in [1.165, 1.54) is 6.07 Å². The summed E-state index contributed by atoms with van der Waals surface area (Å²) in [5, 5.41) is 20.7. The highest BCUT2D eigenvalue weighted by molar-refractivity contribution is 6.43.